The molecular weight excluding hydrogens is 716 g/mol. The van der Waals surface area contributed by atoms with E-state index in [0.717, 1.165) is 70.2 Å². The molecule has 4 atom stereocenters. The van der Waals surface area contributed by atoms with Crippen LogP contribution in [0.3, 0.4) is 0 Å². The molecule has 2 saturated carbocycles. The van der Waals surface area contributed by atoms with Crippen molar-refractivity contribution in [2.24, 2.45) is 0 Å². The van der Waals surface area contributed by atoms with E-state index >= 15 is 0 Å². The number of aliphatic carboxylic acids is 2. The zero-order valence-corrected chi connectivity index (χ0v) is 31.8. The quantitative estimate of drug-likeness (QED) is 0.0722. The van der Waals surface area contributed by atoms with Crippen molar-refractivity contribution in [3.8, 4) is 11.1 Å². The molecule has 2 aromatic heterocycles. The first kappa shape index (κ1) is 40.1. The first-order valence-corrected chi connectivity index (χ1v) is 18.8. The van der Waals surface area contributed by atoms with Crippen molar-refractivity contribution in [3.05, 3.63) is 106 Å². The second-order valence-corrected chi connectivity index (χ2v) is 14.8. The van der Waals surface area contributed by atoms with Gasteiger partial charge >= 0.3 is 11.9 Å². The summed E-state index contributed by atoms with van der Waals surface area (Å²) < 4.78 is 0. The fraction of sp³-hybridized carbons (Fsp3) is 0.381. The van der Waals surface area contributed by atoms with Crippen molar-refractivity contribution < 1.29 is 39.6 Å². The number of aliphatic hydroxyl groups excluding tert-OH is 2. The third-order valence-electron chi connectivity index (χ3n) is 10.5. The molecule has 4 aromatic rings. The number of rotatable bonds is 17. The molecule has 294 valence electrons. The van der Waals surface area contributed by atoms with Crippen LogP contribution in [-0.4, -0.2) is 78.4 Å². The highest BCUT2D eigenvalue weighted by atomic mass is 16.4. The Morgan fingerprint density at radius 1 is 0.661 bits per heavy atom. The van der Waals surface area contributed by atoms with E-state index in [1.165, 1.54) is 13.8 Å². The van der Waals surface area contributed by atoms with Crippen molar-refractivity contribution in [2.45, 2.75) is 103 Å². The van der Waals surface area contributed by atoms with Gasteiger partial charge in [0.1, 0.15) is 23.5 Å². The van der Waals surface area contributed by atoms with Crippen molar-refractivity contribution in [1.82, 2.24) is 20.6 Å². The monoisotopic (exact) mass is 764 g/mol. The van der Waals surface area contributed by atoms with Crippen LogP contribution in [-0.2, 0) is 22.7 Å². The summed E-state index contributed by atoms with van der Waals surface area (Å²) in [6.07, 6.45) is 4.84. The van der Waals surface area contributed by atoms with Crippen LogP contribution in [0.15, 0.2) is 60.9 Å². The minimum atomic E-state index is -1.15. The van der Waals surface area contributed by atoms with E-state index in [1.807, 2.05) is 50.2 Å². The highest BCUT2D eigenvalue weighted by Gasteiger charge is 2.31. The summed E-state index contributed by atoms with van der Waals surface area (Å²) in [5.74, 6) is -2.57. The number of aromatic nitrogens is 2. The van der Waals surface area contributed by atoms with Crippen molar-refractivity contribution >= 4 is 35.1 Å². The van der Waals surface area contributed by atoms with Gasteiger partial charge in [0.05, 0.1) is 12.2 Å². The molecule has 2 aromatic carbocycles. The molecule has 8 N–H and O–H groups in total. The van der Waals surface area contributed by atoms with Gasteiger partial charge in [-0.15, -0.1) is 0 Å². The molecule has 0 aliphatic heterocycles. The van der Waals surface area contributed by atoms with Gasteiger partial charge in [-0.3, -0.25) is 39.8 Å². The molecule has 0 radical (unpaired) electrons. The number of nitrogens with zero attached hydrogens (tertiary/aromatic N) is 2. The Labute approximate surface area is 324 Å². The van der Waals surface area contributed by atoms with Crippen LogP contribution in [0.2, 0.25) is 0 Å². The molecule has 4 unspecified atom stereocenters. The van der Waals surface area contributed by atoms with Gasteiger partial charge < -0.3 is 31.1 Å². The van der Waals surface area contributed by atoms with Crippen LogP contribution in [0.5, 0.6) is 0 Å². The minimum absolute atomic E-state index is 0.187. The first-order valence-electron chi connectivity index (χ1n) is 18.8. The van der Waals surface area contributed by atoms with E-state index in [9.17, 15) is 39.6 Å². The number of hydrogen-bond acceptors (Lipinski definition) is 10. The van der Waals surface area contributed by atoms with E-state index in [2.05, 4.69) is 31.2 Å². The lowest BCUT2D eigenvalue weighted by atomic mass is 9.94. The molecule has 2 heterocycles. The Kier molecular flexibility index (Phi) is 12.2. The number of nitrogens with one attached hydrogen (secondary N) is 4. The first-order chi connectivity index (χ1) is 26.7. The Balaban J connectivity index is 1.17. The van der Waals surface area contributed by atoms with Crippen LogP contribution in [0.25, 0.3) is 11.1 Å². The summed E-state index contributed by atoms with van der Waals surface area (Å²) in [6.45, 7) is 7.03. The molecule has 6 rings (SSSR count). The number of carboxylic acids is 2. The third-order valence-corrected chi connectivity index (χ3v) is 10.5. The Bertz CT molecular complexity index is 1990. The lowest BCUT2D eigenvalue weighted by Gasteiger charge is -2.19. The lowest BCUT2D eigenvalue weighted by Crippen LogP contribution is -2.44. The second-order valence-electron chi connectivity index (χ2n) is 14.8. The zero-order chi connectivity index (χ0) is 40.3. The molecule has 14 heteroatoms. The Hall–Kier alpha value is -5.54. The summed E-state index contributed by atoms with van der Waals surface area (Å²) in [7, 11) is 0. The second kappa shape index (κ2) is 17.1. The summed E-state index contributed by atoms with van der Waals surface area (Å²) in [6, 6.07) is 12.5. The maximum absolute atomic E-state index is 13.6. The number of carbonyl (C=O) groups is 4. The fourth-order valence-electron chi connectivity index (χ4n) is 6.96. The molecule has 14 nitrogen and oxygen atoms in total. The minimum Gasteiger partial charge on any atom is -0.480 e. The van der Waals surface area contributed by atoms with Gasteiger partial charge in [0, 0.05) is 36.9 Å². The highest BCUT2D eigenvalue weighted by molar-refractivity contribution is 6.05. The van der Waals surface area contributed by atoms with Crippen molar-refractivity contribution in [2.75, 3.05) is 10.6 Å². The van der Waals surface area contributed by atoms with Crippen LogP contribution in [0.1, 0.15) is 106 Å². The number of carbonyl (C=O) groups excluding carboxylic acids is 2. The molecule has 2 fully saturated rings. The lowest BCUT2D eigenvalue weighted by molar-refractivity contribution is -0.143. The Morgan fingerprint density at radius 2 is 1.04 bits per heavy atom. The maximum atomic E-state index is 13.6. The van der Waals surface area contributed by atoms with Gasteiger partial charge in [-0.2, -0.15) is 0 Å². The van der Waals surface area contributed by atoms with Crippen molar-refractivity contribution in [1.29, 1.82) is 0 Å². The standard InChI is InChI=1S/C42H48N6O8/c1-21-29(7-5-9-33(21)47-39(51)35-15-31(25-11-12-25)27(17-43-35)19-45-37(23(3)49)41(53)54)30-8-6-10-34(22(30)2)48-40(52)36-16-32(26-13-14-26)28(18-44-36)20-46-38(24(4)50)42(55)56/h5-10,15-18,23-26,37-38,45-46,49-50H,11-14,19-20H2,1-4H3,(H,47,51)(H,48,52)(H,53,54)(H,55,56). The van der Waals surface area contributed by atoms with E-state index in [0.29, 0.717) is 11.4 Å². The number of benzene rings is 2. The molecule has 2 aliphatic rings. The largest absolute Gasteiger partial charge is 0.480 e. The summed E-state index contributed by atoms with van der Waals surface area (Å²) in [4.78, 5) is 59.1. The number of carboxylic acid groups (broad SMARTS) is 2. The third kappa shape index (κ3) is 9.28. The predicted molar refractivity (Wildman–Crippen MR) is 210 cm³/mol. The van der Waals surface area contributed by atoms with Gasteiger partial charge in [-0.25, -0.2) is 0 Å². The van der Waals surface area contributed by atoms with Crippen LogP contribution < -0.4 is 21.3 Å². The molecule has 56 heavy (non-hydrogen) atoms. The van der Waals surface area contributed by atoms with Crippen LogP contribution >= 0.6 is 0 Å². The molecule has 0 saturated heterocycles. The molecule has 2 aliphatic carbocycles. The molecule has 2 amide bonds. The predicted octanol–water partition coefficient (Wildman–Crippen LogP) is 4.87. The molecular formula is C42H48N6O8. The van der Waals surface area contributed by atoms with Crippen molar-refractivity contribution in [3.63, 3.8) is 0 Å². The van der Waals surface area contributed by atoms with Gasteiger partial charge in [-0.05, 0) is 134 Å². The molecule has 0 spiro atoms. The smallest absolute Gasteiger partial charge is 0.323 e. The van der Waals surface area contributed by atoms with Gasteiger partial charge in [0.2, 0.25) is 0 Å². The van der Waals surface area contributed by atoms with Crippen LogP contribution in [0.4, 0.5) is 11.4 Å². The normalized spacial score (nSPS) is 16.0. The average Bonchev–Trinajstić information content (AvgIpc) is 4.08. The number of amides is 2. The topological polar surface area (TPSA) is 223 Å². The van der Waals surface area contributed by atoms with E-state index in [1.54, 1.807) is 24.5 Å². The van der Waals surface area contributed by atoms with Crippen LogP contribution in [0, 0.1) is 13.8 Å². The van der Waals surface area contributed by atoms with E-state index in [4.69, 9.17) is 0 Å². The van der Waals surface area contributed by atoms with E-state index in [-0.39, 0.29) is 48.1 Å². The Morgan fingerprint density at radius 3 is 1.36 bits per heavy atom. The zero-order valence-electron chi connectivity index (χ0n) is 31.8. The fourth-order valence-corrected chi connectivity index (χ4v) is 6.96. The average molecular weight is 765 g/mol. The maximum Gasteiger partial charge on any atom is 0.323 e. The SMILES string of the molecule is Cc1c(NC(=O)c2cc(C3CC3)c(CNC(C(=O)O)C(C)O)cn2)cccc1-c1cccc(NC(=O)c2cc(C3CC3)c(CNC(C(=O)O)C(C)O)cn2)c1C. The number of aliphatic hydroxyl groups is 2. The number of pyridine rings is 2. The molecule has 0 bridgehead atoms. The van der Waals surface area contributed by atoms with Gasteiger partial charge in [0.15, 0.2) is 0 Å². The summed E-state index contributed by atoms with van der Waals surface area (Å²) in [5.41, 5.74) is 8.43. The highest BCUT2D eigenvalue weighted by Crippen LogP contribution is 2.43. The van der Waals surface area contributed by atoms with Gasteiger partial charge in [0.25, 0.3) is 11.8 Å². The van der Waals surface area contributed by atoms with E-state index < -0.39 is 36.2 Å². The summed E-state index contributed by atoms with van der Waals surface area (Å²) >= 11 is 0. The summed E-state index contributed by atoms with van der Waals surface area (Å²) in [5, 5.41) is 50.4. The van der Waals surface area contributed by atoms with Gasteiger partial charge in [-0.1, -0.05) is 24.3 Å². The number of hydrogen-bond donors (Lipinski definition) is 8. The number of anilines is 2.